The number of aromatic nitrogens is 1. The van der Waals surface area contributed by atoms with Gasteiger partial charge in [-0.3, -0.25) is 0 Å². The Hall–Kier alpha value is -2.34. The van der Waals surface area contributed by atoms with E-state index in [2.05, 4.69) is 46.3 Å². The molecule has 1 aliphatic heterocycles. The molecule has 1 unspecified atom stereocenters. The molecule has 0 bridgehead atoms. The molecule has 0 saturated carbocycles. The molecule has 1 aliphatic rings. The molecule has 3 heteroatoms. The molecule has 0 N–H and O–H groups in total. The van der Waals surface area contributed by atoms with Crippen LogP contribution in [0.5, 0.6) is 0 Å². The van der Waals surface area contributed by atoms with E-state index in [1.165, 1.54) is 5.56 Å². The topological polar surface area (TPSA) is 39.9 Å². The van der Waals surface area contributed by atoms with Crippen molar-refractivity contribution in [1.82, 2.24) is 4.98 Å². The summed E-state index contributed by atoms with van der Waals surface area (Å²) in [6.45, 7) is 2.03. The molecule has 3 rings (SSSR count). The fraction of sp³-hybridized carbons (Fsp3) is 0.250. The van der Waals surface area contributed by atoms with E-state index in [1.54, 1.807) is 6.20 Å². The second kappa shape index (κ2) is 5.11. The fourth-order valence-corrected chi connectivity index (χ4v) is 2.60. The van der Waals surface area contributed by atoms with Crippen molar-refractivity contribution in [3.8, 4) is 6.07 Å². The zero-order valence-electron chi connectivity index (χ0n) is 10.7. The maximum Gasteiger partial charge on any atom is 0.128 e. The molecule has 2 heterocycles. The number of nitrogens with zero attached hydrogens (tertiary/aromatic N) is 3. The third kappa shape index (κ3) is 2.43. The molecule has 2 aromatic rings. The third-order valence-electron chi connectivity index (χ3n) is 3.66. The van der Waals surface area contributed by atoms with Gasteiger partial charge in [0.2, 0.25) is 0 Å². The molecule has 1 atom stereocenters. The van der Waals surface area contributed by atoms with Crippen molar-refractivity contribution >= 4 is 5.82 Å². The Labute approximate surface area is 113 Å². The van der Waals surface area contributed by atoms with E-state index in [4.69, 9.17) is 5.26 Å². The van der Waals surface area contributed by atoms with Crippen LogP contribution in [0.1, 0.15) is 23.5 Å². The molecule has 1 fully saturated rings. The van der Waals surface area contributed by atoms with E-state index in [-0.39, 0.29) is 0 Å². The van der Waals surface area contributed by atoms with Crippen molar-refractivity contribution in [3.63, 3.8) is 0 Å². The monoisotopic (exact) mass is 249 g/mol. The highest BCUT2D eigenvalue weighted by atomic mass is 15.2. The lowest BCUT2D eigenvalue weighted by molar-refractivity contribution is 0.774. The van der Waals surface area contributed by atoms with Crippen molar-refractivity contribution in [1.29, 1.82) is 5.26 Å². The molecule has 3 nitrogen and oxygen atoms in total. The van der Waals surface area contributed by atoms with Gasteiger partial charge < -0.3 is 4.90 Å². The number of benzene rings is 1. The first kappa shape index (κ1) is 11.7. The summed E-state index contributed by atoms with van der Waals surface area (Å²) >= 11 is 0. The van der Waals surface area contributed by atoms with Gasteiger partial charge in [0.25, 0.3) is 0 Å². The van der Waals surface area contributed by atoms with E-state index in [0.29, 0.717) is 11.5 Å². The standard InChI is InChI=1S/C16H15N3/c17-10-13-6-7-16(18-11-13)19-9-8-15(12-19)14-4-2-1-3-5-14/h1-7,11,15H,8-9,12H2. The minimum atomic E-state index is 0.582. The first-order valence-corrected chi connectivity index (χ1v) is 6.53. The SMILES string of the molecule is N#Cc1ccc(N2CCC(c3ccccc3)C2)nc1. The van der Waals surface area contributed by atoms with Crippen molar-refractivity contribution in [2.75, 3.05) is 18.0 Å². The van der Waals surface area contributed by atoms with Gasteiger partial charge in [-0.2, -0.15) is 5.26 Å². The maximum absolute atomic E-state index is 8.78. The van der Waals surface area contributed by atoms with Gasteiger partial charge in [-0.1, -0.05) is 30.3 Å². The molecule has 1 aromatic carbocycles. The molecule has 1 aromatic heterocycles. The lowest BCUT2D eigenvalue weighted by atomic mass is 9.99. The molecule has 0 aliphatic carbocycles. The van der Waals surface area contributed by atoms with Crippen molar-refractivity contribution < 1.29 is 0 Å². The van der Waals surface area contributed by atoms with Crippen LogP contribution in [0.15, 0.2) is 48.7 Å². The van der Waals surface area contributed by atoms with Crippen LogP contribution >= 0.6 is 0 Å². The Morgan fingerprint density at radius 2 is 2.00 bits per heavy atom. The number of rotatable bonds is 2. The highest BCUT2D eigenvalue weighted by Gasteiger charge is 2.24. The lowest BCUT2D eigenvalue weighted by Gasteiger charge is -2.17. The van der Waals surface area contributed by atoms with Crippen LogP contribution in [0.25, 0.3) is 0 Å². The summed E-state index contributed by atoms with van der Waals surface area (Å²) < 4.78 is 0. The van der Waals surface area contributed by atoms with E-state index < -0.39 is 0 Å². The minimum Gasteiger partial charge on any atom is -0.356 e. The molecule has 94 valence electrons. The summed E-state index contributed by atoms with van der Waals surface area (Å²) in [6, 6.07) is 16.5. The van der Waals surface area contributed by atoms with Crippen LogP contribution in [0.2, 0.25) is 0 Å². The first-order valence-electron chi connectivity index (χ1n) is 6.53. The molecule has 0 spiro atoms. The third-order valence-corrected chi connectivity index (χ3v) is 3.66. The van der Waals surface area contributed by atoms with E-state index in [9.17, 15) is 0 Å². The van der Waals surface area contributed by atoms with Crippen LogP contribution in [-0.2, 0) is 0 Å². The quantitative estimate of drug-likeness (QED) is 0.821. The van der Waals surface area contributed by atoms with Gasteiger partial charge in [0.15, 0.2) is 0 Å². The summed E-state index contributed by atoms with van der Waals surface area (Å²) in [5, 5.41) is 8.78. The number of hydrogen-bond donors (Lipinski definition) is 0. The van der Waals surface area contributed by atoms with Gasteiger partial charge in [0.05, 0.1) is 5.56 Å². The van der Waals surface area contributed by atoms with E-state index in [0.717, 1.165) is 25.3 Å². The van der Waals surface area contributed by atoms with Gasteiger partial charge in [0.1, 0.15) is 11.9 Å². The summed E-state index contributed by atoms with van der Waals surface area (Å²) in [5.74, 6) is 1.55. The van der Waals surface area contributed by atoms with Crippen molar-refractivity contribution in [2.45, 2.75) is 12.3 Å². The average molecular weight is 249 g/mol. The van der Waals surface area contributed by atoms with Gasteiger partial charge in [-0.25, -0.2) is 4.98 Å². The summed E-state index contributed by atoms with van der Waals surface area (Å²) in [5.41, 5.74) is 2.02. The molecule has 0 amide bonds. The van der Waals surface area contributed by atoms with Crippen LogP contribution in [0.3, 0.4) is 0 Å². The molecular formula is C16H15N3. The molecular weight excluding hydrogens is 234 g/mol. The number of anilines is 1. The molecule has 0 radical (unpaired) electrons. The van der Waals surface area contributed by atoms with Gasteiger partial charge in [0, 0.05) is 25.2 Å². The predicted molar refractivity (Wildman–Crippen MR) is 75.0 cm³/mol. The number of pyridine rings is 1. The van der Waals surface area contributed by atoms with Gasteiger partial charge in [-0.05, 0) is 24.1 Å². The van der Waals surface area contributed by atoms with E-state index >= 15 is 0 Å². The average Bonchev–Trinajstić information content (AvgIpc) is 2.98. The van der Waals surface area contributed by atoms with Gasteiger partial charge >= 0.3 is 0 Å². The highest BCUT2D eigenvalue weighted by molar-refractivity contribution is 5.44. The minimum absolute atomic E-state index is 0.582. The maximum atomic E-state index is 8.78. The molecule has 19 heavy (non-hydrogen) atoms. The Morgan fingerprint density at radius 3 is 2.68 bits per heavy atom. The Bertz CT molecular complexity index is 584. The summed E-state index contributed by atoms with van der Waals surface area (Å²) in [4.78, 5) is 6.65. The van der Waals surface area contributed by atoms with Crippen LogP contribution in [-0.4, -0.2) is 18.1 Å². The zero-order chi connectivity index (χ0) is 13.1. The van der Waals surface area contributed by atoms with Gasteiger partial charge in [-0.15, -0.1) is 0 Å². The van der Waals surface area contributed by atoms with Crippen LogP contribution in [0.4, 0.5) is 5.82 Å². The second-order valence-corrected chi connectivity index (χ2v) is 4.86. The summed E-state index contributed by atoms with van der Waals surface area (Å²) in [7, 11) is 0. The Morgan fingerprint density at radius 1 is 1.16 bits per heavy atom. The number of nitriles is 1. The van der Waals surface area contributed by atoms with Crippen molar-refractivity contribution in [3.05, 3.63) is 59.8 Å². The lowest BCUT2D eigenvalue weighted by Crippen LogP contribution is -2.20. The molecule has 1 saturated heterocycles. The van der Waals surface area contributed by atoms with Crippen LogP contribution < -0.4 is 4.90 Å². The second-order valence-electron chi connectivity index (χ2n) is 4.86. The van der Waals surface area contributed by atoms with E-state index in [1.807, 2.05) is 12.1 Å². The fourth-order valence-electron chi connectivity index (χ4n) is 2.60. The van der Waals surface area contributed by atoms with Crippen molar-refractivity contribution in [2.24, 2.45) is 0 Å². The normalized spacial score (nSPS) is 18.3. The number of hydrogen-bond acceptors (Lipinski definition) is 3. The highest BCUT2D eigenvalue weighted by Crippen LogP contribution is 2.29. The smallest absolute Gasteiger partial charge is 0.128 e. The Kier molecular flexibility index (Phi) is 3.16. The van der Waals surface area contributed by atoms with Crippen LogP contribution in [0, 0.1) is 11.3 Å². The predicted octanol–water partition coefficient (Wildman–Crippen LogP) is 2.95. The summed E-state index contributed by atoms with van der Waals surface area (Å²) in [6.07, 6.45) is 2.80. The zero-order valence-corrected chi connectivity index (χ0v) is 10.7. The first-order chi connectivity index (χ1) is 9.36. The largest absolute Gasteiger partial charge is 0.356 e. The Balaban J connectivity index is 1.73.